The minimum absolute atomic E-state index is 0.0596. The highest BCUT2D eigenvalue weighted by Crippen LogP contribution is 2.17. The molecule has 5 heteroatoms. The van der Waals surface area contributed by atoms with Crippen LogP contribution in [0.5, 0.6) is 0 Å². The Balaban J connectivity index is 1.56. The fraction of sp³-hybridized carbons (Fsp3) is 0.280. The smallest absolute Gasteiger partial charge is 0.197 e. The third kappa shape index (κ3) is 4.69. The van der Waals surface area contributed by atoms with E-state index in [1.165, 1.54) is 11.1 Å². The summed E-state index contributed by atoms with van der Waals surface area (Å²) in [5, 5.41) is 0.654. The molecule has 0 N–H and O–H groups in total. The Labute approximate surface area is 176 Å². The van der Waals surface area contributed by atoms with Crippen molar-refractivity contribution in [3.63, 3.8) is 0 Å². The fourth-order valence-electron chi connectivity index (χ4n) is 3.77. The van der Waals surface area contributed by atoms with Crippen LogP contribution in [0.2, 0.25) is 0 Å². The zero-order chi connectivity index (χ0) is 20.9. The second-order valence-electron chi connectivity index (χ2n) is 7.88. The van der Waals surface area contributed by atoms with Crippen LogP contribution in [-0.2, 0) is 19.6 Å². The van der Waals surface area contributed by atoms with Crippen molar-refractivity contribution in [2.24, 2.45) is 0 Å². The number of rotatable bonds is 8. The van der Waals surface area contributed by atoms with Crippen LogP contribution in [0.4, 0.5) is 0 Å². The molecule has 0 aliphatic heterocycles. The van der Waals surface area contributed by atoms with E-state index in [9.17, 15) is 4.79 Å². The topological polar surface area (TPSA) is 51.3 Å². The van der Waals surface area contributed by atoms with Gasteiger partial charge in [0.2, 0.25) is 0 Å². The van der Waals surface area contributed by atoms with Gasteiger partial charge < -0.3 is 8.98 Å². The fourth-order valence-corrected chi connectivity index (χ4v) is 3.77. The molecule has 0 saturated heterocycles. The molecule has 2 heterocycles. The number of nitrogens with zero attached hydrogens (tertiary/aromatic N) is 3. The number of hydrogen-bond donors (Lipinski definition) is 0. The maximum atomic E-state index is 13.1. The van der Waals surface area contributed by atoms with E-state index in [4.69, 9.17) is 4.42 Å². The number of imidazole rings is 1. The standard InChI is InChI=1S/C25H27N3O2/c1-19-8-9-24-23(14-19)25(29)22(17-30-24)16-28(12-5-11-27-13-10-26-18-27)15-21-7-4-3-6-20(21)2/h3-4,6-10,13-14,17-18H,5,11-12,15-16H2,1-2H3. The second-order valence-corrected chi connectivity index (χ2v) is 7.88. The van der Waals surface area contributed by atoms with Crippen LogP contribution in [0, 0.1) is 13.8 Å². The Hall–Kier alpha value is -3.18. The molecular formula is C25H27N3O2. The molecule has 2 aromatic carbocycles. The lowest BCUT2D eigenvalue weighted by Gasteiger charge is -2.23. The lowest BCUT2D eigenvalue weighted by atomic mass is 10.1. The highest BCUT2D eigenvalue weighted by molar-refractivity contribution is 5.77. The summed E-state index contributed by atoms with van der Waals surface area (Å²) in [5.74, 6) is 0. The van der Waals surface area contributed by atoms with Gasteiger partial charge in [-0.1, -0.05) is 35.9 Å². The van der Waals surface area contributed by atoms with Crippen molar-refractivity contribution < 1.29 is 4.42 Å². The zero-order valence-corrected chi connectivity index (χ0v) is 17.5. The van der Waals surface area contributed by atoms with Gasteiger partial charge in [-0.3, -0.25) is 9.69 Å². The van der Waals surface area contributed by atoms with Gasteiger partial charge in [0, 0.05) is 44.1 Å². The molecular weight excluding hydrogens is 374 g/mol. The molecule has 0 aliphatic carbocycles. The number of aryl methyl sites for hydroxylation is 3. The van der Waals surface area contributed by atoms with E-state index >= 15 is 0 Å². The first kappa shape index (κ1) is 20.1. The minimum atomic E-state index is 0.0596. The zero-order valence-electron chi connectivity index (χ0n) is 17.5. The van der Waals surface area contributed by atoms with Gasteiger partial charge in [-0.25, -0.2) is 4.98 Å². The molecule has 0 amide bonds. The van der Waals surface area contributed by atoms with Gasteiger partial charge in [-0.2, -0.15) is 0 Å². The molecule has 0 atom stereocenters. The maximum absolute atomic E-state index is 13.1. The molecule has 0 bridgehead atoms. The van der Waals surface area contributed by atoms with Gasteiger partial charge in [-0.05, 0) is 43.5 Å². The van der Waals surface area contributed by atoms with Gasteiger partial charge in [-0.15, -0.1) is 0 Å². The molecule has 0 spiro atoms. The Kier molecular flexibility index (Phi) is 6.10. The van der Waals surface area contributed by atoms with E-state index in [2.05, 4.69) is 45.6 Å². The van der Waals surface area contributed by atoms with Gasteiger partial charge in [0.15, 0.2) is 5.43 Å². The van der Waals surface area contributed by atoms with E-state index < -0.39 is 0 Å². The summed E-state index contributed by atoms with van der Waals surface area (Å²) in [5.41, 5.74) is 5.00. The quantitative estimate of drug-likeness (QED) is 0.429. The molecule has 5 nitrogen and oxygen atoms in total. The summed E-state index contributed by atoms with van der Waals surface area (Å²) < 4.78 is 7.86. The highest BCUT2D eigenvalue weighted by Gasteiger charge is 2.13. The summed E-state index contributed by atoms with van der Waals surface area (Å²) in [7, 11) is 0. The van der Waals surface area contributed by atoms with E-state index in [-0.39, 0.29) is 5.43 Å². The summed E-state index contributed by atoms with van der Waals surface area (Å²) in [6.07, 6.45) is 8.21. The molecule has 154 valence electrons. The largest absolute Gasteiger partial charge is 0.464 e. The van der Waals surface area contributed by atoms with Crippen LogP contribution in [0.1, 0.15) is 28.7 Å². The Morgan fingerprint density at radius 1 is 1.07 bits per heavy atom. The van der Waals surface area contributed by atoms with Crippen LogP contribution in [0.15, 0.2) is 76.7 Å². The van der Waals surface area contributed by atoms with Crippen molar-refractivity contribution in [3.8, 4) is 0 Å². The lowest BCUT2D eigenvalue weighted by Crippen LogP contribution is -2.28. The molecule has 30 heavy (non-hydrogen) atoms. The van der Waals surface area contributed by atoms with E-state index in [0.29, 0.717) is 23.1 Å². The van der Waals surface area contributed by atoms with Crippen molar-refractivity contribution in [2.75, 3.05) is 6.54 Å². The van der Waals surface area contributed by atoms with Crippen molar-refractivity contribution in [2.45, 2.75) is 39.9 Å². The van der Waals surface area contributed by atoms with Crippen molar-refractivity contribution in [1.82, 2.24) is 14.5 Å². The van der Waals surface area contributed by atoms with Gasteiger partial charge in [0.1, 0.15) is 5.58 Å². The summed E-state index contributed by atoms with van der Waals surface area (Å²) in [6, 6.07) is 14.2. The normalized spacial score (nSPS) is 11.4. The Morgan fingerprint density at radius 3 is 2.70 bits per heavy atom. The van der Waals surface area contributed by atoms with Crippen LogP contribution in [0.25, 0.3) is 11.0 Å². The monoisotopic (exact) mass is 401 g/mol. The number of aromatic nitrogens is 2. The third-order valence-corrected chi connectivity index (χ3v) is 5.50. The summed E-state index contributed by atoms with van der Waals surface area (Å²) in [6.45, 7) is 7.25. The molecule has 2 aromatic heterocycles. The van der Waals surface area contributed by atoms with Gasteiger partial charge in [0.05, 0.1) is 18.0 Å². The molecule has 0 fully saturated rings. The van der Waals surface area contributed by atoms with E-state index in [1.807, 2.05) is 37.6 Å². The van der Waals surface area contributed by atoms with Crippen molar-refractivity contribution >= 4 is 11.0 Å². The molecule has 4 aromatic rings. The minimum Gasteiger partial charge on any atom is -0.464 e. The predicted molar refractivity (Wildman–Crippen MR) is 119 cm³/mol. The molecule has 0 aliphatic rings. The van der Waals surface area contributed by atoms with Crippen LogP contribution in [0.3, 0.4) is 0 Å². The second kappa shape index (κ2) is 9.09. The van der Waals surface area contributed by atoms with Crippen LogP contribution in [-0.4, -0.2) is 21.0 Å². The van der Waals surface area contributed by atoms with Gasteiger partial charge in [0.25, 0.3) is 0 Å². The molecule has 0 saturated carbocycles. The average Bonchev–Trinajstić information content (AvgIpc) is 3.25. The Morgan fingerprint density at radius 2 is 1.90 bits per heavy atom. The Bertz CT molecular complexity index is 1180. The summed E-state index contributed by atoms with van der Waals surface area (Å²) in [4.78, 5) is 19.5. The number of hydrogen-bond acceptors (Lipinski definition) is 4. The molecule has 0 radical (unpaired) electrons. The first-order valence-electron chi connectivity index (χ1n) is 10.3. The third-order valence-electron chi connectivity index (χ3n) is 5.50. The van der Waals surface area contributed by atoms with Crippen LogP contribution < -0.4 is 5.43 Å². The van der Waals surface area contributed by atoms with Crippen molar-refractivity contribution in [3.05, 3.63) is 99.9 Å². The van der Waals surface area contributed by atoms with Crippen molar-refractivity contribution in [1.29, 1.82) is 0 Å². The maximum Gasteiger partial charge on any atom is 0.197 e. The first-order valence-corrected chi connectivity index (χ1v) is 10.3. The summed E-state index contributed by atoms with van der Waals surface area (Å²) >= 11 is 0. The van der Waals surface area contributed by atoms with Gasteiger partial charge >= 0.3 is 0 Å². The van der Waals surface area contributed by atoms with E-state index in [0.717, 1.165) is 31.6 Å². The first-order chi connectivity index (χ1) is 14.6. The van der Waals surface area contributed by atoms with E-state index in [1.54, 1.807) is 12.5 Å². The van der Waals surface area contributed by atoms with Crippen LogP contribution >= 0.6 is 0 Å². The number of fused-ring (bicyclic) bond motifs is 1. The predicted octanol–water partition coefficient (Wildman–Crippen LogP) is 4.70. The number of benzene rings is 2. The lowest BCUT2D eigenvalue weighted by molar-refractivity contribution is 0.245. The molecule has 4 rings (SSSR count). The highest BCUT2D eigenvalue weighted by atomic mass is 16.3. The molecule has 0 unspecified atom stereocenters. The SMILES string of the molecule is Cc1ccc2occ(CN(CCCn3ccnc3)Cc3ccccc3C)c(=O)c2c1. The average molecular weight is 402 g/mol.